The summed E-state index contributed by atoms with van der Waals surface area (Å²) < 4.78 is 1.95. The monoisotopic (exact) mass is 322 g/mol. The maximum Gasteiger partial charge on any atom is 0.165 e. The summed E-state index contributed by atoms with van der Waals surface area (Å²) in [7, 11) is 0. The average molecular weight is 322 g/mol. The van der Waals surface area contributed by atoms with Crippen LogP contribution in [0.5, 0.6) is 0 Å². The minimum absolute atomic E-state index is 0.925. The van der Waals surface area contributed by atoms with Gasteiger partial charge in [-0.2, -0.15) is 9.61 Å². The van der Waals surface area contributed by atoms with Crippen LogP contribution in [-0.2, 0) is 0 Å². The summed E-state index contributed by atoms with van der Waals surface area (Å²) in [6.07, 6.45) is 3.64. The Morgan fingerprint density at radius 1 is 1.04 bits per heavy atom. The summed E-state index contributed by atoms with van der Waals surface area (Å²) in [4.78, 5) is 4.76. The van der Waals surface area contributed by atoms with Crippen LogP contribution >= 0.6 is 0 Å². The minimum Gasteiger partial charge on any atom is -0.370 e. The molecule has 2 heterocycles. The van der Waals surface area contributed by atoms with E-state index in [4.69, 9.17) is 10.1 Å². The number of aryl methyl sites for hydroxylation is 3. The number of anilines is 1. The number of hydrogen-bond donors (Lipinski definition) is 1. The molecule has 0 bridgehead atoms. The van der Waals surface area contributed by atoms with Gasteiger partial charge < -0.3 is 5.32 Å². The number of hydrogen-bond acceptors (Lipinski definition) is 3. The first kappa shape index (κ1) is 16.5. The maximum absolute atomic E-state index is 4.76. The van der Waals surface area contributed by atoms with E-state index in [0.717, 1.165) is 35.0 Å². The van der Waals surface area contributed by atoms with Gasteiger partial charge in [0, 0.05) is 23.9 Å². The number of nitrogens with one attached hydrogen (secondary N) is 1. The van der Waals surface area contributed by atoms with E-state index in [2.05, 4.69) is 56.4 Å². The van der Waals surface area contributed by atoms with E-state index < -0.39 is 0 Å². The highest BCUT2D eigenvalue weighted by Gasteiger charge is 2.15. The van der Waals surface area contributed by atoms with Gasteiger partial charge in [0.25, 0.3) is 0 Å². The highest BCUT2D eigenvalue weighted by Crippen LogP contribution is 2.29. The first-order valence-corrected chi connectivity index (χ1v) is 8.78. The lowest BCUT2D eigenvalue weighted by Crippen LogP contribution is -2.08. The molecule has 4 nitrogen and oxygen atoms in total. The van der Waals surface area contributed by atoms with Crippen LogP contribution in [0.3, 0.4) is 0 Å². The third-order valence-electron chi connectivity index (χ3n) is 4.32. The Hall–Kier alpha value is -2.36. The van der Waals surface area contributed by atoms with E-state index >= 15 is 0 Å². The highest BCUT2D eigenvalue weighted by atomic mass is 15.3. The molecule has 0 aliphatic heterocycles. The minimum atomic E-state index is 0.925. The summed E-state index contributed by atoms with van der Waals surface area (Å²) >= 11 is 0. The molecule has 0 atom stereocenters. The lowest BCUT2D eigenvalue weighted by molar-refractivity contribution is 0.738. The van der Waals surface area contributed by atoms with Crippen LogP contribution in [-0.4, -0.2) is 21.1 Å². The van der Waals surface area contributed by atoms with Crippen LogP contribution in [0.2, 0.25) is 0 Å². The van der Waals surface area contributed by atoms with Gasteiger partial charge in [0.15, 0.2) is 5.65 Å². The van der Waals surface area contributed by atoms with Crippen molar-refractivity contribution in [1.29, 1.82) is 0 Å². The van der Waals surface area contributed by atoms with Crippen LogP contribution in [0.4, 0.5) is 5.82 Å². The molecule has 1 aromatic carbocycles. The molecule has 0 unspecified atom stereocenters. The highest BCUT2D eigenvalue weighted by molar-refractivity contribution is 5.81. The van der Waals surface area contributed by atoms with Gasteiger partial charge in [-0.3, -0.25) is 0 Å². The quantitative estimate of drug-likeness (QED) is 0.655. The molecule has 0 aliphatic rings. The Kier molecular flexibility index (Phi) is 4.84. The van der Waals surface area contributed by atoms with Crippen molar-refractivity contribution in [2.75, 3.05) is 11.9 Å². The molecule has 0 fully saturated rings. The fourth-order valence-electron chi connectivity index (χ4n) is 3.02. The fraction of sp³-hybridized carbons (Fsp3) is 0.400. The Morgan fingerprint density at radius 3 is 2.50 bits per heavy atom. The van der Waals surface area contributed by atoms with Crippen molar-refractivity contribution in [2.24, 2.45) is 0 Å². The van der Waals surface area contributed by atoms with Crippen molar-refractivity contribution in [1.82, 2.24) is 14.6 Å². The third-order valence-corrected chi connectivity index (χ3v) is 4.32. The Morgan fingerprint density at radius 2 is 1.79 bits per heavy atom. The van der Waals surface area contributed by atoms with E-state index in [9.17, 15) is 0 Å². The van der Waals surface area contributed by atoms with Crippen molar-refractivity contribution in [2.45, 2.75) is 47.0 Å². The molecule has 0 saturated heterocycles. The summed E-state index contributed by atoms with van der Waals surface area (Å²) in [5.74, 6) is 1.02. The Bertz CT molecular complexity index is 831. The molecule has 126 valence electrons. The van der Waals surface area contributed by atoms with Gasteiger partial charge in [0.05, 0.1) is 5.69 Å². The van der Waals surface area contributed by atoms with Crippen molar-refractivity contribution < 1.29 is 0 Å². The molecule has 3 aromatic rings. The smallest absolute Gasteiger partial charge is 0.165 e. The van der Waals surface area contributed by atoms with Crippen LogP contribution in [0.25, 0.3) is 16.8 Å². The fourth-order valence-corrected chi connectivity index (χ4v) is 3.02. The molecule has 4 heteroatoms. The third kappa shape index (κ3) is 3.28. The molecular formula is C20H26N4. The van der Waals surface area contributed by atoms with Crippen LogP contribution in [0, 0.1) is 20.8 Å². The van der Waals surface area contributed by atoms with Gasteiger partial charge in [-0.1, -0.05) is 49.6 Å². The second kappa shape index (κ2) is 7.04. The topological polar surface area (TPSA) is 42.2 Å². The number of aromatic nitrogens is 3. The molecule has 0 saturated carbocycles. The predicted molar refractivity (Wildman–Crippen MR) is 101 cm³/mol. The van der Waals surface area contributed by atoms with Crippen molar-refractivity contribution in [3.8, 4) is 11.1 Å². The number of fused-ring (bicyclic) bond motifs is 1. The standard InChI is InChI=1S/C20H26N4/c1-5-6-7-12-21-18-13-15(3)22-20-19(16(4)23-24(18)20)17-10-8-14(2)9-11-17/h8-11,13,21H,5-7,12H2,1-4H3. The van der Waals surface area contributed by atoms with Crippen molar-refractivity contribution >= 4 is 11.5 Å². The van der Waals surface area contributed by atoms with Crippen molar-refractivity contribution in [3.63, 3.8) is 0 Å². The number of rotatable bonds is 6. The predicted octanol–water partition coefficient (Wildman–Crippen LogP) is 4.92. The first-order valence-electron chi connectivity index (χ1n) is 8.78. The van der Waals surface area contributed by atoms with Gasteiger partial charge >= 0.3 is 0 Å². The largest absolute Gasteiger partial charge is 0.370 e. The Balaban J connectivity index is 2.04. The summed E-state index contributed by atoms with van der Waals surface area (Å²) in [5, 5.41) is 8.27. The average Bonchev–Trinajstić information content (AvgIpc) is 2.88. The molecule has 0 spiro atoms. The van der Waals surface area contributed by atoms with Gasteiger partial charge in [-0.05, 0) is 32.8 Å². The summed E-state index contributed by atoms with van der Waals surface area (Å²) in [6, 6.07) is 10.6. The zero-order chi connectivity index (χ0) is 17.1. The second-order valence-corrected chi connectivity index (χ2v) is 6.48. The van der Waals surface area contributed by atoms with E-state index in [0.29, 0.717) is 0 Å². The van der Waals surface area contributed by atoms with Gasteiger partial charge in [-0.15, -0.1) is 0 Å². The van der Waals surface area contributed by atoms with E-state index in [1.54, 1.807) is 0 Å². The van der Waals surface area contributed by atoms with Gasteiger partial charge in [0.2, 0.25) is 0 Å². The normalized spacial score (nSPS) is 11.2. The van der Waals surface area contributed by atoms with Crippen LogP contribution in [0.15, 0.2) is 30.3 Å². The molecular weight excluding hydrogens is 296 g/mol. The molecule has 0 radical (unpaired) electrons. The molecule has 1 N–H and O–H groups in total. The molecule has 2 aromatic heterocycles. The first-order chi connectivity index (χ1) is 11.6. The van der Waals surface area contributed by atoms with Crippen LogP contribution < -0.4 is 5.32 Å². The summed E-state index contributed by atoms with van der Waals surface area (Å²) in [6.45, 7) is 9.39. The molecule has 0 amide bonds. The van der Waals surface area contributed by atoms with Crippen molar-refractivity contribution in [3.05, 3.63) is 47.3 Å². The Labute approximate surface area is 143 Å². The lowest BCUT2D eigenvalue weighted by Gasteiger charge is -2.09. The second-order valence-electron chi connectivity index (χ2n) is 6.48. The maximum atomic E-state index is 4.76. The molecule has 3 rings (SSSR count). The van der Waals surface area contributed by atoms with Gasteiger partial charge in [0.1, 0.15) is 5.82 Å². The number of benzene rings is 1. The molecule has 0 aliphatic carbocycles. The summed E-state index contributed by atoms with van der Waals surface area (Å²) in [5.41, 5.74) is 6.49. The van der Waals surface area contributed by atoms with E-state index in [-0.39, 0.29) is 0 Å². The van der Waals surface area contributed by atoms with E-state index in [1.165, 1.54) is 30.4 Å². The van der Waals surface area contributed by atoms with E-state index in [1.807, 2.05) is 11.4 Å². The zero-order valence-corrected chi connectivity index (χ0v) is 15.1. The number of unbranched alkanes of at least 4 members (excludes halogenated alkanes) is 2. The zero-order valence-electron chi connectivity index (χ0n) is 15.1. The molecule has 24 heavy (non-hydrogen) atoms. The van der Waals surface area contributed by atoms with Gasteiger partial charge in [-0.25, -0.2) is 4.98 Å². The lowest BCUT2D eigenvalue weighted by atomic mass is 10.0. The number of nitrogens with zero attached hydrogens (tertiary/aromatic N) is 3. The SMILES string of the molecule is CCCCCNc1cc(C)nc2c(-c3ccc(C)cc3)c(C)nn12. The van der Waals surface area contributed by atoms with Crippen LogP contribution in [0.1, 0.15) is 43.1 Å².